The first-order chi connectivity index (χ1) is 8.34. The van der Waals surface area contributed by atoms with Crippen LogP contribution < -0.4 is 0 Å². The fourth-order valence-corrected chi connectivity index (χ4v) is 2.09. The lowest BCUT2D eigenvalue weighted by atomic mass is 10.0. The van der Waals surface area contributed by atoms with Crippen LogP contribution in [0.2, 0.25) is 0 Å². The molecule has 0 saturated carbocycles. The molecule has 2 nitrogen and oxygen atoms in total. The minimum Gasteiger partial charge on any atom is -0.389 e. The lowest BCUT2D eigenvalue weighted by Crippen LogP contribution is -2.17. The Kier molecular flexibility index (Phi) is 4.77. The number of rotatable bonds is 3. The molecule has 0 heterocycles. The number of hydrogen-bond acceptors (Lipinski definition) is 2. The molecule has 17 heavy (non-hydrogen) atoms. The van der Waals surface area contributed by atoms with Gasteiger partial charge in [-0.3, -0.25) is 0 Å². The average molecular weight is 232 g/mol. The van der Waals surface area contributed by atoms with Gasteiger partial charge in [0.1, 0.15) is 0 Å². The fraction of sp³-hybridized carbons (Fsp3) is 0.467. The Morgan fingerprint density at radius 2 is 1.94 bits per heavy atom. The summed E-state index contributed by atoms with van der Waals surface area (Å²) in [6.07, 6.45) is 7.73. The summed E-state index contributed by atoms with van der Waals surface area (Å²) in [6, 6.07) is 10.2. The van der Waals surface area contributed by atoms with E-state index in [9.17, 15) is 5.11 Å². The number of allylic oxidation sites excluding steroid dienone is 1. The Hall–Kier alpha value is -1.12. The second-order valence-corrected chi connectivity index (χ2v) is 4.57. The monoisotopic (exact) mass is 232 g/mol. The molecule has 1 aromatic rings. The molecule has 2 unspecified atom stereocenters. The van der Waals surface area contributed by atoms with Crippen LogP contribution in [0.5, 0.6) is 0 Å². The van der Waals surface area contributed by atoms with Crippen molar-refractivity contribution >= 4 is 0 Å². The van der Waals surface area contributed by atoms with Gasteiger partial charge in [0.2, 0.25) is 0 Å². The fourth-order valence-electron chi connectivity index (χ4n) is 2.09. The number of aliphatic hydroxyl groups excluding tert-OH is 1. The Morgan fingerprint density at radius 1 is 1.12 bits per heavy atom. The highest BCUT2D eigenvalue weighted by Crippen LogP contribution is 2.17. The van der Waals surface area contributed by atoms with Crippen LogP contribution in [0.4, 0.5) is 0 Å². The van der Waals surface area contributed by atoms with E-state index in [1.165, 1.54) is 5.56 Å². The minimum atomic E-state index is -0.293. The van der Waals surface area contributed by atoms with Gasteiger partial charge in [0.15, 0.2) is 0 Å². The van der Waals surface area contributed by atoms with Crippen molar-refractivity contribution in [2.24, 2.45) is 0 Å². The summed E-state index contributed by atoms with van der Waals surface area (Å²) in [4.78, 5) is 0. The average Bonchev–Trinajstić information content (AvgIpc) is 2.35. The molecule has 0 bridgehead atoms. The number of aliphatic hydroxyl groups is 1. The van der Waals surface area contributed by atoms with Gasteiger partial charge in [-0.2, -0.15) is 0 Å². The van der Waals surface area contributed by atoms with Crippen LogP contribution in [0.1, 0.15) is 31.2 Å². The predicted octanol–water partition coefficient (Wildman–Crippen LogP) is 3.06. The molecule has 92 valence electrons. The van der Waals surface area contributed by atoms with Gasteiger partial charge in [-0.05, 0) is 31.2 Å². The molecule has 2 atom stereocenters. The lowest BCUT2D eigenvalue weighted by molar-refractivity contribution is 0.0211. The zero-order valence-electron chi connectivity index (χ0n) is 10.1. The summed E-state index contributed by atoms with van der Waals surface area (Å²) in [5.41, 5.74) is 1.21. The van der Waals surface area contributed by atoms with Gasteiger partial charge in [0.25, 0.3) is 0 Å². The molecule has 0 aromatic heterocycles. The smallest absolute Gasteiger partial charge is 0.0721 e. The van der Waals surface area contributed by atoms with Crippen LogP contribution in [-0.4, -0.2) is 17.3 Å². The summed E-state index contributed by atoms with van der Waals surface area (Å²) < 4.78 is 5.91. The largest absolute Gasteiger partial charge is 0.389 e. The predicted molar refractivity (Wildman–Crippen MR) is 68.6 cm³/mol. The van der Waals surface area contributed by atoms with E-state index in [1.54, 1.807) is 0 Å². The molecule has 0 amide bonds. The third-order valence-corrected chi connectivity index (χ3v) is 3.13. The van der Waals surface area contributed by atoms with Gasteiger partial charge in [-0.25, -0.2) is 0 Å². The highest BCUT2D eigenvalue weighted by Gasteiger charge is 2.13. The van der Waals surface area contributed by atoms with Crippen LogP contribution in [0.15, 0.2) is 42.5 Å². The number of benzene rings is 1. The highest BCUT2D eigenvalue weighted by atomic mass is 16.5. The normalized spacial score (nSPS) is 27.1. The molecule has 1 aromatic carbocycles. The summed E-state index contributed by atoms with van der Waals surface area (Å²) in [6.45, 7) is 0.672. The first-order valence-corrected chi connectivity index (χ1v) is 6.35. The van der Waals surface area contributed by atoms with E-state index in [4.69, 9.17) is 4.74 Å². The van der Waals surface area contributed by atoms with E-state index in [1.807, 2.05) is 24.3 Å². The maximum Gasteiger partial charge on any atom is 0.0721 e. The quantitative estimate of drug-likeness (QED) is 0.812. The Bertz CT molecular complexity index is 345. The molecule has 2 rings (SSSR count). The SMILES string of the molecule is OC1/C=C\CCC(OCc2ccccc2)CC1. The Morgan fingerprint density at radius 3 is 2.76 bits per heavy atom. The number of hydrogen-bond donors (Lipinski definition) is 1. The van der Waals surface area contributed by atoms with E-state index < -0.39 is 0 Å². The first kappa shape index (κ1) is 12.3. The molecule has 2 heteroatoms. The topological polar surface area (TPSA) is 29.5 Å². The number of ether oxygens (including phenoxy) is 1. The van der Waals surface area contributed by atoms with Gasteiger partial charge in [-0.1, -0.05) is 42.5 Å². The van der Waals surface area contributed by atoms with Crippen LogP contribution in [0.25, 0.3) is 0 Å². The van der Waals surface area contributed by atoms with Crippen LogP contribution >= 0.6 is 0 Å². The molecule has 1 N–H and O–H groups in total. The van der Waals surface area contributed by atoms with E-state index in [0.717, 1.165) is 25.7 Å². The molecule has 0 spiro atoms. The lowest BCUT2D eigenvalue weighted by Gasteiger charge is -2.20. The Balaban J connectivity index is 1.80. The van der Waals surface area contributed by atoms with Crippen molar-refractivity contribution in [1.82, 2.24) is 0 Å². The molecule has 0 fully saturated rings. The van der Waals surface area contributed by atoms with Crippen molar-refractivity contribution < 1.29 is 9.84 Å². The van der Waals surface area contributed by atoms with Gasteiger partial charge in [-0.15, -0.1) is 0 Å². The van der Waals surface area contributed by atoms with Crippen LogP contribution in [0, 0.1) is 0 Å². The summed E-state index contributed by atoms with van der Waals surface area (Å²) in [7, 11) is 0. The summed E-state index contributed by atoms with van der Waals surface area (Å²) >= 11 is 0. The summed E-state index contributed by atoms with van der Waals surface area (Å²) in [5.74, 6) is 0. The molecular weight excluding hydrogens is 212 g/mol. The van der Waals surface area contributed by atoms with E-state index in [2.05, 4.69) is 18.2 Å². The van der Waals surface area contributed by atoms with Crippen molar-refractivity contribution in [1.29, 1.82) is 0 Å². The van der Waals surface area contributed by atoms with Gasteiger partial charge in [0, 0.05) is 0 Å². The van der Waals surface area contributed by atoms with Crippen LogP contribution in [0.3, 0.4) is 0 Å². The summed E-state index contributed by atoms with van der Waals surface area (Å²) in [5, 5.41) is 9.57. The minimum absolute atomic E-state index is 0.273. The van der Waals surface area contributed by atoms with Gasteiger partial charge < -0.3 is 9.84 Å². The van der Waals surface area contributed by atoms with E-state index in [0.29, 0.717) is 6.61 Å². The van der Waals surface area contributed by atoms with Crippen molar-refractivity contribution in [3.05, 3.63) is 48.0 Å². The van der Waals surface area contributed by atoms with E-state index in [-0.39, 0.29) is 12.2 Å². The van der Waals surface area contributed by atoms with E-state index >= 15 is 0 Å². The molecule has 1 aliphatic rings. The third kappa shape index (κ3) is 4.33. The maximum absolute atomic E-state index is 9.57. The third-order valence-electron chi connectivity index (χ3n) is 3.13. The van der Waals surface area contributed by atoms with Crippen molar-refractivity contribution in [3.63, 3.8) is 0 Å². The standard InChI is InChI=1S/C15H20O2/c16-14-8-4-5-9-15(11-10-14)17-12-13-6-2-1-3-7-13/h1-4,6-8,14-16H,5,9-12H2/b8-4-. The maximum atomic E-state index is 9.57. The Labute approximate surface area is 103 Å². The zero-order valence-corrected chi connectivity index (χ0v) is 10.1. The first-order valence-electron chi connectivity index (χ1n) is 6.35. The van der Waals surface area contributed by atoms with Crippen molar-refractivity contribution in [2.75, 3.05) is 0 Å². The zero-order chi connectivity index (χ0) is 11.9. The molecular formula is C15H20O2. The second-order valence-electron chi connectivity index (χ2n) is 4.57. The van der Waals surface area contributed by atoms with Crippen molar-refractivity contribution in [3.8, 4) is 0 Å². The van der Waals surface area contributed by atoms with Crippen molar-refractivity contribution in [2.45, 2.75) is 44.5 Å². The molecule has 0 radical (unpaired) electrons. The van der Waals surface area contributed by atoms with Gasteiger partial charge in [0.05, 0.1) is 18.8 Å². The second kappa shape index (κ2) is 6.58. The molecule has 1 aliphatic carbocycles. The molecule has 0 aliphatic heterocycles. The molecule has 0 saturated heterocycles. The van der Waals surface area contributed by atoms with Gasteiger partial charge >= 0.3 is 0 Å². The highest BCUT2D eigenvalue weighted by molar-refractivity contribution is 5.13. The van der Waals surface area contributed by atoms with Crippen LogP contribution in [-0.2, 0) is 11.3 Å².